The van der Waals surface area contributed by atoms with E-state index in [0.29, 0.717) is 13.1 Å². The monoisotopic (exact) mass is 289 g/mol. The number of nitrogens with one attached hydrogen (secondary N) is 1. The van der Waals surface area contributed by atoms with E-state index < -0.39 is 0 Å². The third-order valence-electron chi connectivity index (χ3n) is 2.93. The molecule has 0 aliphatic rings. The van der Waals surface area contributed by atoms with E-state index in [1.54, 1.807) is 10.9 Å². The smallest absolute Gasteiger partial charge is 0.271 e. The summed E-state index contributed by atoms with van der Waals surface area (Å²) in [6.45, 7) is 4.92. The minimum absolute atomic E-state index is 0.0919. The first-order valence-corrected chi connectivity index (χ1v) is 6.96. The summed E-state index contributed by atoms with van der Waals surface area (Å²) in [6, 6.07) is 4.56. The number of hydrogen-bond acceptors (Lipinski definition) is 4. The second-order valence-electron chi connectivity index (χ2n) is 4.88. The standard InChI is InChI=1S/C14H19N5O2/c1-3-8-19-13(20)6-5-12(17-19)14(21)16-11(2)10-18-9-4-7-15-18/h4-7,9,11H,3,8,10H2,1-2H3,(H,16,21)/t11-/m0/s1. The minimum Gasteiger partial charge on any atom is -0.346 e. The SMILES string of the molecule is CCCn1nc(C(=O)N[C@@H](C)Cn2cccn2)ccc1=O. The van der Waals surface area contributed by atoms with Crippen LogP contribution in [0.25, 0.3) is 0 Å². The highest BCUT2D eigenvalue weighted by Crippen LogP contribution is 1.96. The Morgan fingerprint density at radius 1 is 1.43 bits per heavy atom. The lowest BCUT2D eigenvalue weighted by Crippen LogP contribution is -2.37. The Morgan fingerprint density at radius 3 is 2.90 bits per heavy atom. The number of rotatable bonds is 6. The maximum atomic E-state index is 12.1. The largest absolute Gasteiger partial charge is 0.346 e. The molecule has 0 bridgehead atoms. The molecule has 2 aromatic rings. The molecule has 2 rings (SSSR count). The van der Waals surface area contributed by atoms with Crippen LogP contribution < -0.4 is 10.9 Å². The van der Waals surface area contributed by atoms with Crippen molar-refractivity contribution in [3.63, 3.8) is 0 Å². The quantitative estimate of drug-likeness (QED) is 0.847. The summed E-state index contributed by atoms with van der Waals surface area (Å²) in [7, 11) is 0. The third kappa shape index (κ3) is 4.01. The molecule has 0 aliphatic heterocycles. The Bertz CT molecular complexity index is 648. The first-order chi connectivity index (χ1) is 10.1. The molecule has 0 spiro atoms. The number of aromatic nitrogens is 4. The molecule has 1 atom stereocenters. The van der Waals surface area contributed by atoms with Crippen LogP contribution in [-0.2, 0) is 13.1 Å². The highest BCUT2D eigenvalue weighted by molar-refractivity contribution is 5.92. The van der Waals surface area contributed by atoms with Gasteiger partial charge in [0.05, 0.1) is 6.54 Å². The van der Waals surface area contributed by atoms with E-state index in [0.717, 1.165) is 6.42 Å². The fourth-order valence-electron chi connectivity index (χ4n) is 1.97. The van der Waals surface area contributed by atoms with Crippen molar-refractivity contribution in [1.82, 2.24) is 24.9 Å². The van der Waals surface area contributed by atoms with Gasteiger partial charge in [0.2, 0.25) is 0 Å². The Hall–Kier alpha value is -2.44. The Morgan fingerprint density at radius 2 is 2.24 bits per heavy atom. The molecular formula is C14H19N5O2. The molecule has 7 nitrogen and oxygen atoms in total. The minimum atomic E-state index is -0.292. The summed E-state index contributed by atoms with van der Waals surface area (Å²) in [5.41, 5.74) is 0.0494. The van der Waals surface area contributed by atoms with Crippen molar-refractivity contribution in [2.24, 2.45) is 0 Å². The van der Waals surface area contributed by atoms with Gasteiger partial charge in [-0.3, -0.25) is 14.3 Å². The molecule has 0 aliphatic carbocycles. The van der Waals surface area contributed by atoms with Crippen LogP contribution in [0.2, 0.25) is 0 Å². The van der Waals surface area contributed by atoms with Crippen LogP contribution >= 0.6 is 0 Å². The molecular weight excluding hydrogens is 270 g/mol. The average Bonchev–Trinajstić information content (AvgIpc) is 2.94. The summed E-state index contributed by atoms with van der Waals surface area (Å²) in [6.07, 6.45) is 4.31. The second-order valence-corrected chi connectivity index (χ2v) is 4.88. The molecule has 2 heterocycles. The van der Waals surface area contributed by atoms with E-state index in [2.05, 4.69) is 15.5 Å². The average molecular weight is 289 g/mol. The van der Waals surface area contributed by atoms with Crippen LogP contribution in [0, 0.1) is 0 Å². The third-order valence-corrected chi connectivity index (χ3v) is 2.93. The van der Waals surface area contributed by atoms with Crippen molar-refractivity contribution in [1.29, 1.82) is 0 Å². The number of amides is 1. The Kier molecular flexibility index (Phi) is 4.86. The molecule has 0 unspecified atom stereocenters. The fraction of sp³-hybridized carbons (Fsp3) is 0.429. The number of aryl methyl sites for hydroxylation is 1. The van der Waals surface area contributed by atoms with Crippen LogP contribution in [0.1, 0.15) is 30.8 Å². The number of hydrogen-bond donors (Lipinski definition) is 1. The van der Waals surface area contributed by atoms with Crippen LogP contribution in [0.4, 0.5) is 0 Å². The van der Waals surface area contributed by atoms with Crippen molar-refractivity contribution in [3.05, 3.63) is 46.6 Å². The zero-order chi connectivity index (χ0) is 15.2. The van der Waals surface area contributed by atoms with E-state index in [4.69, 9.17) is 0 Å². The summed E-state index contributed by atoms with van der Waals surface area (Å²) in [5, 5.41) is 11.0. The predicted molar refractivity (Wildman–Crippen MR) is 77.9 cm³/mol. The van der Waals surface area contributed by atoms with E-state index >= 15 is 0 Å². The number of carbonyl (C=O) groups is 1. The van der Waals surface area contributed by atoms with Gasteiger partial charge in [0.25, 0.3) is 11.5 Å². The van der Waals surface area contributed by atoms with Crippen molar-refractivity contribution < 1.29 is 4.79 Å². The molecule has 1 N–H and O–H groups in total. The topological polar surface area (TPSA) is 81.8 Å². The zero-order valence-electron chi connectivity index (χ0n) is 12.2. The molecule has 2 aromatic heterocycles. The number of carbonyl (C=O) groups excluding carboxylic acids is 1. The normalized spacial score (nSPS) is 12.1. The maximum Gasteiger partial charge on any atom is 0.271 e. The summed E-state index contributed by atoms with van der Waals surface area (Å²) in [5.74, 6) is -0.292. The zero-order valence-corrected chi connectivity index (χ0v) is 12.2. The van der Waals surface area contributed by atoms with E-state index in [1.165, 1.54) is 16.8 Å². The molecule has 0 saturated carbocycles. The van der Waals surface area contributed by atoms with Gasteiger partial charge in [-0.15, -0.1) is 0 Å². The van der Waals surface area contributed by atoms with E-state index in [-0.39, 0.29) is 23.2 Å². The molecule has 0 fully saturated rings. The van der Waals surface area contributed by atoms with Crippen molar-refractivity contribution in [2.45, 2.75) is 39.4 Å². The lowest BCUT2D eigenvalue weighted by Gasteiger charge is -2.14. The maximum absolute atomic E-state index is 12.1. The predicted octanol–water partition coefficient (Wildman–Crippen LogP) is 0.668. The summed E-state index contributed by atoms with van der Waals surface area (Å²) < 4.78 is 3.06. The fourth-order valence-corrected chi connectivity index (χ4v) is 1.97. The highest BCUT2D eigenvalue weighted by Gasteiger charge is 2.13. The van der Waals surface area contributed by atoms with Gasteiger partial charge in [-0.05, 0) is 25.5 Å². The van der Waals surface area contributed by atoms with Crippen LogP contribution in [0.3, 0.4) is 0 Å². The van der Waals surface area contributed by atoms with Crippen molar-refractivity contribution >= 4 is 5.91 Å². The molecule has 0 saturated heterocycles. The van der Waals surface area contributed by atoms with Gasteiger partial charge in [0.15, 0.2) is 0 Å². The molecule has 0 aromatic carbocycles. The van der Waals surface area contributed by atoms with Gasteiger partial charge in [-0.2, -0.15) is 10.2 Å². The van der Waals surface area contributed by atoms with Crippen molar-refractivity contribution in [2.75, 3.05) is 0 Å². The molecule has 7 heteroatoms. The van der Waals surface area contributed by atoms with Crippen molar-refractivity contribution in [3.8, 4) is 0 Å². The lowest BCUT2D eigenvalue weighted by molar-refractivity contribution is 0.0928. The first-order valence-electron chi connectivity index (χ1n) is 6.96. The van der Waals surface area contributed by atoms with Gasteiger partial charge in [0, 0.05) is 31.0 Å². The lowest BCUT2D eigenvalue weighted by atomic mass is 10.3. The highest BCUT2D eigenvalue weighted by atomic mass is 16.2. The second kappa shape index (κ2) is 6.83. The number of nitrogens with zero attached hydrogens (tertiary/aromatic N) is 4. The van der Waals surface area contributed by atoms with E-state index in [1.807, 2.05) is 26.1 Å². The molecule has 1 amide bonds. The van der Waals surface area contributed by atoms with Crippen LogP contribution in [0.5, 0.6) is 0 Å². The van der Waals surface area contributed by atoms with Crippen LogP contribution in [0.15, 0.2) is 35.4 Å². The van der Waals surface area contributed by atoms with Gasteiger partial charge in [-0.1, -0.05) is 6.92 Å². The molecule has 21 heavy (non-hydrogen) atoms. The Labute approximate surface area is 122 Å². The van der Waals surface area contributed by atoms with Gasteiger partial charge in [-0.25, -0.2) is 4.68 Å². The molecule has 0 radical (unpaired) electrons. The molecule has 112 valence electrons. The van der Waals surface area contributed by atoms with Crippen LogP contribution in [-0.4, -0.2) is 31.5 Å². The van der Waals surface area contributed by atoms with Gasteiger partial charge >= 0.3 is 0 Å². The first kappa shape index (κ1) is 15.0. The van der Waals surface area contributed by atoms with Gasteiger partial charge in [0.1, 0.15) is 5.69 Å². The van der Waals surface area contributed by atoms with Gasteiger partial charge < -0.3 is 5.32 Å². The Balaban J connectivity index is 2.02. The summed E-state index contributed by atoms with van der Waals surface area (Å²) in [4.78, 5) is 23.7. The summed E-state index contributed by atoms with van der Waals surface area (Å²) >= 11 is 0. The van der Waals surface area contributed by atoms with E-state index in [9.17, 15) is 9.59 Å².